The second-order valence-electron chi connectivity index (χ2n) is 5.01. The quantitative estimate of drug-likeness (QED) is 0.345. The molecule has 0 radical (unpaired) electrons. The van der Waals surface area contributed by atoms with Crippen molar-refractivity contribution in [1.82, 2.24) is 10.6 Å². The van der Waals surface area contributed by atoms with Gasteiger partial charge < -0.3 is 20.2 Å². The van der Waals surface area contributed by atoms with Crippen molar-refractivity contribution in [2.24, 2.45) is 0 Å². The minimum absolute atomic E-state index is 0.0120. The van der Waals surface area contributed by atoms with Gasteiger partial charge in [-0.3, -0.25) is 9.35 Å². The van der Waals surface area contributed by atoms with Crippen LogP contribution in [0.5, 0.6) is 0 Å². The molecule has 20 heavy (non-hydrogen) atoms. The van der Waals surface area contributed by atoms with E-state index in [4.69, 9.17) is 4.55 Å². The van der Waals surface area contributed by atoms with E-state index in [-0.39, 0.29) is 19.4 Å². The lowest BCUT2D eigenvalue weighted by atomic mass is 10.1. The maximum atomic E-state index is 11.6. The fourth-order valence-electron chi connectivity index (χ4n) is 1.59. The van der Waals surface area contributed by atoms with Gasteiger partial charge in [0.2, 0.25) is 5.91 Å². The molecular formula is C11H20N2O6S. The van der Waals surface area contributed by atoms with Crippen LogP contribution in [0.1, 0.15) is 26.7 Å². The molecule has 1 unspecified atom stereocenters. The summed E-state index contributed by atoms with van der Waals surface area (Å²) in [6, 6.07) is -0.633. The van der Waals surface area contributed by atoms with Gasteiger partial charge in [-0.25, -0.2) is 0 Å². The zero-order chi connectivity index (χ0) is 15.8. The number of hydrogen-bond acceptors (Lipinski definition) is 6. The molecule has 9 heteroatoms. The van der Waals surface area contributed by atoms with Gasteiger partial charge in [-0.2, -0.15) is 8.42 Å². The third kappa shape index (κ3) is 9.59. The summed E-state index contributed by atoms with van der Waals surface area (Å²) in [7, 11) is -4.19. The summed E-state index contributed by atoms with van der Waals surface area (Å²) in [5, 5.41) is 5.17. The smallest absolute Gasteiger partial charge is 0.267 e. The van der Waals surface area contributed by atoms with Gasteiger partial charge in [-0.15, -0.1) is 0 Å². The lowest BCUT2D eigenvalue weighted by Crippen LogP contribution is -2.49. The van der Waals surface area contributed by atoms with Crippen LogP contribution in [0.25, 0.3) is 0 Å². The molecule has 1 atom stereocenters. The van der Waals surface area contributed by atoms with E-state index in [1.165, 1.54) is 13.8 Å². The van der Waals surface area contributed by atoms with Gasteiger partial charge in [0.15, 0.2) is 0 Å². The summed E-state index contributed by atoms with van der Waals surface area (Å²) >= 11 is 0. The van der Waals surface area contributed by atoms with Crippen molar-refractivity contribution in [3.63, 3.8) is 0 Å². The predicted molar refractivity (Wildman–Crippen MR) is 71.8 cm³/mol. The SMILES string of the molecule is CC(C)(CS(=O)(=O)O)NC(=O)CCNC(C=O)CC=O. The second kappa shape index (κ2) is 8.08. The van der Waals surface area contributed by atoms with E-state index in [1.807, 2.05) is 0 Å². The molecule has 0 saturated heterocycles. The molecule has 116 valence electrons. The molecule has 0 saturated carbocycles. The highest BCUT2D eigenvalue weighted by molar-refractivity contribution is 7.85. The molecule has 0 aromatic carbocycles. The van der Waals surface area contributed by atoms with Gasteiger partial charge in [0.25, 0.3) is 10.1 Å². The van der Waals surface area contributed by atoms with E-state index >= 15 is 0 Å². The molecule has 0 aliphatic carbocycles. The predicted octanol–water partition coefficient (Wildman–Crippen LogP) is -1.09. The summed E-state index contributed by atoms with van der Waals surface area (Å²) in [6.07, 6.45) is 1.22. The van der Waals surface area contributed by atoms with Crippen molar-refractivity contribution in [3.05, 3.63) is 0 Å². The van der Waals surface area contributed by atoms with E-state index in [9.17, 15) is 22.8 Å². The largest absolute Gasteiger partial charge is 0.350 e. The highest BCUT2D eigenvalue weighted by Gasteiger charge is 2.26. The molecule has 0 aliphatic rings. The fraction of sp³-hybridized carbons (Fsp3) is 0.727. The number of nitrogens with one attached hydrogen (secondary N) is 2. The first kappa shape index (κ1) is 18.7. The van der Waals surface area contributed by atoms with Gasteiger partial charge in [0.05, 0.1) is 17.3 Å². The monoisotopic (exact) mass is 308 g/mol. The maximum Gasteiger partial charge on any atom is 0.267 e. The molecular weight excluding hydrogens is 288 g/mol. The number of carbonyl (C=O) groups excluding carboxylic acids is 3. The Labute approximate surface area is 118 Å². The summed E-state index contributed by atoms with van der Waals surface area (Å²) < 4.78 is 30.3. The summed E-state index contributed by atoms with van der Waals surface area (Å²) in [6.45, 7) is 3.10. The average molecular weight is 308 g/mol. The number of aldehydes is 2. The van der Waals surface area contributed by atoms with E-state index in [0.29, 0.717) is 12.6 Å². The molecule has 0 aliphatic heterocycles. The van der Waals surface area contributed by atoms with Crippen LogP contribution in [0.15, 0.2) is 0 Å². The van der Waals surface area contributed by atoms with Gasteiger partial charge >= 0.3 is 0 Å². The highest BCUT2D eigenvalue weighted by Crippen LogP contribution is 2.06. The Bertz CT molecular complexity index is 446. The van der Waals surface area contributed by atoms with Gasteiger partial charge in [-0.05, 0) is 13.8 Å². The second-order valence-corrected chi connectivity index (χ2v) is 6.46. The number of carbonyl (C=O) groups is 3. The minimum atomic E-state index is -4.19. The molecule has 0 rings (SSSR count). The fourth-order valence-corrected chi connectivity index (χ4v) is 2.58. The molecule has 1 amide bonds. The van der Waals surface area contributed by atoms with Crippen LogP contribution in [0.2, 0.25) is 0 Å². The Balaban J connectivity index is 4.17. The van der Waals surface area contributed by atoms with E-state index in [2.05, 4.69) is 10.6 Å². The minimum Gasteiger partial charge on any atom is -0.350 e. The first-order valence-electron chi connectivity index (χ1n) is 5.98. The zero-order valence-electron chi connectivity index (χ0n) is 11.5. The van der Waals surface area contributed by atoms with Crippen LogP contribution < -0.4 is 10.6 Å². The van der Waals surface area contributed by atoms with Crippen molar-refractivity contribution < 1.29 is 27.4 Å². The van der Waals surface area contributed by atoms with Crippen LogP contribution in [-0.4, -0.2) is 55.3 Å². The van der Waals surface area contributed by atoms with Crippen LogP contribution in [0, 0.1) is 0 Å². The third-order valence-corrected chi connectivity index (χ3v) is 3.38. The van der Waals surface area contributed by atoms with Crippen molar-refractivity contribution in [2.45, 2.75) is 38.3 Å². The zero-order valence-corrected chi connectivity index (χ0v) is 12.3. The topological polar surface area (TPSA) is 130 Å². The van der Waals surface area contributed by atoms with Crippen LogP contribution in [-0.2, 0) is 24.5 Å². The van der Waals surface area contributed by atoms with Gasteiger partial charge in [0, 0.05) is 19.4 Å². The van der Waals surface area contributed by atoms with Crippen LogP contribution in [0.4, 0.5) is 0 Å². The molecule has 0 fully saturated rings. The Hall–Kier alpha value is -1.32. The number of amides is 1. The summed E-state index contributed by atoms with van der Waals surface area (Å²) in [5.41, 5.74) is -1.10. The van der Waals surface area contributed by atoms with E-state index in [1.54, 1.807) is 0 Å². The van der Waals surface area contributed by atoms with Crippen molar-refractivity contribution in [1.29, 1.82) is 0 Å². The summed E-state index contributed by atoms with van der Waals surface area (Å²) in [5.74, 6) is -1.02. The Morgan fingerprint density at radius 3 is 2.40 bits per heavy atom. The standard InChI is InChI=1S/C11H20N2O6S/c1-11(2,8-20(17,18)19)13-10(16)3-5-12-9(7-15)4-6-14/h6-7,9,12H,3-5,8H2,1-2H3,(H,13,16)(H,17,18,19). The first-order chi connectivity index (χ1) is 9.09. The van der Waals surface area contributed by atoms with Crippen LogP contribution >= 0.6 is 0 Å². The molecule has 0 heterocycles. The van der Waals surface area contributed by atoms with Crippen LogP contribution in [0.3, 0.4) is 0 Å². The molecule has 8 nitrogen and oxygen atoms in total. The Morgan fingerprint density at radius 1 is 1.35 bits per heavy atom. The molecule has 3 N–H and O–H groups in total. The highest BCUT2D eigenvalue weighted by atomic mass is 32.2. The lowest BCUT2D eigenvalue weighted by Gasteiger charge is -2.24. The molecule has 0 aromatic rings. The molecule has 0 spiro atoms. The van der Waals surface area contributed by atoms with Crippen molar-refractivity contribution in [2.75, 3.05) is 12.3 Å². The molecule has 0 bridgehead atoms. The van der Waals surface area contributed by atoms with Crippen molar-refractivity contribution in [3.8, 4) is 0 Å². The average Bonchev–Trinajstić information content (AvgIpc) is 2.23. The van der Waals surface area contributed by atoms with Gasteiger partial charge in [0.1, 0.15) is 12.6 Å². The van der Waals surface area contributed by atoms with E-state index < -0.39 is 33.4 Å². The van der Waals surface area contributed by atoms with Crippen molar-refractivity contribution >= 4 is 28.6 Å². The molecule has 0 aromatic heterocycles. The maximum absolute atomic E-state index is 11.6. The number of hydrogen-bond donors (Lipinski definition) is 3. The normalized spacial score (nSPS) is 13.6. The Kier molecular flexibility index (Phi) is 7.54. The lowest BCUT2D eigenvalue weighted by molar-refractivity contribution is -0.122. The Morgan fingerprint density at radius 2 is 1.95 bits per heavy atom. The van der Waals surface area contributed by atoms with Gasteiger partial charge in [-0.1, -0.05) is 0 Å². The summed E-state index contributed by atoms with van der Waals surface area (Å²) in [4.78, 5) is 32.4. The number of rotatable bonds is 10. The third-order valence-electron chi connectivity index (χ3n) is 2.29. The first-order valence-corrected chi connectivity index (χ1v) is 7.59. The van der Waals surface area contributed by atoms with E-state index in [0.717, 1.165) is 0 Å².